The lowest BCUT2D eigenvalue weighted by Gasteiger charge is -2.08. The van der Waals surface area contributed by atoms with Crippen molar-refractivity contribution in [3.63, 3.8) is 0 Å². The van der Waals surface area contributed by atoms with Crippen molar-refractivity contribution in [1.82, 2.24) is 0 Å². The molecule has 0 aliphatic carbocycles. The maximum atomic E-state index is 10.6. The Morgan fingerprint density at radius 1 is 1.50 bits per heavy atom. The van der Waals surface area contributed by atoms with Crippen LogP contribution in [0, 0.1) is 10.1 Å². The molecule has 0 N–H and O–H groups in total. The van der Waals surface area contributed by atoms with E-state index in [9.17, 15) is 20.0 Å². The molecule has 0 saturated carbocycles. The van der Waals surface area contributed by atoms with E-state index in [4.69, 9.17) is 4.74 Å². The minimum absolute atomic E-state index is 0.173. The topological polar surface area (TPSA) is 102 Å². The van der Waals surface area contributed by atoms with Crippen LogP contribution in [-0.4, -0.2) is 24.8 Å². The number of rotatable bonds is 5. The summed E-state index contributed by atoms with van der Waals surface area (Å²) in [7, 11) is 1.34. The highest BCUT2D eigenvalue weighted by atomic mass is 16.7. The van der Waals surface area contributed by atoms with Crippen LogP contribution in [0.4, 0.5) is 5.69 Å². The van der Waals surface area contributed by atoms with Gasteiger partial charge in [-0.05, 0) is 12.1 Å². The molecule has 0 amide bonds. The van der Waals surface area contributed by atoms with Crippen molar-refractivity contribution in [2.45, 2.75) is 0 Å². The molecule has 0 aliphatic rings. The molecular weight excluding hydrogens is 218 g/mol. The van der Waals surface area contributed by atoms with Gasteiger partial charge in [-0.1, -0.05) is 0 Å². The average molecular weight is 226 g/mol. The van der Waals surface area contributed by atoms with Gasteiger partial charge in [-0.15, -0.1) is 0 Å². The number of benzene rings is 1. The number of methoxy groups -OCH3 is 1. The van der Waals surface area contributed by atoms with Crippen LogP contribution in [0.5, 0.6) is 5.75 Å². The fraction of sp³-hybridized carbons (Fsp3) is 0.222. The number of carbonyl (C=O) groups is 1. The maximum absolute atomic E-state index is 10.6. The largest absolute Gasteiger partial charge is 0.545 e. The molecule has 7 nitrogen and oxygen atoms in total. The standard InChI is InChI=1S/C9H9NO6/c1-15-5-16-8-4-6(9(11)12)2-3-7(8)10(13)14/h2-4H,5H2,1H3,(H,11,12)/p-1. The molecule has 0 aromatic heterocycles. The molecule has 1 aromatic carbocycles. The van der Waals surface area contributed by atoms with Crippen LogP contribution < -0.4 is 9.84 Å². The van der Waals surface area contributed by atoms with E-state index in [1.54, 1.807) is 0 Å². The quantitative estimate of drug-likeness (QED) is 0.396. The predicted molar refractivity (Wildman–Crippen MR) is 49.9 cm³/mol. The third-order valence-electron chi connectivity index (χ3n) is 1.72. The van der Waals surface area contributed by atoms with E-state index in [1.165, 1.54) is 7.11 Å². The van der Waals surface area contributed by atoms with Gasteiger partial charge in [0, 0.05) is 18.7 Å². The summed E-state index contributed by atoms with van der Waals surface area (Å²) >= 11 is 0. The molecule has 0 heterocycles. The molecule has 1 rings (SSSR count). The van der Waals surface area contributed by atoms with Crippen LogP contribution in [0.25, 0.3) is 0 Å². The van der Waals surface area contributed by atoms with E-state index in [2.05, 4.69) is 4.74 Å². The minimum Gasteiger partial charge on any atom is -0.545 e. The van der Waals surface area contributed by atoms with E-state index < -0.39 is 10.9 Å². The van der Waals surface area contributed by atoms with Crippen LogP contribution in [0.3, 0.4) is 0 Å². The lowest BCUT2D eigenvalue weighted by atomic mass is 10.2. The number of ether oxygens (including phenoxy) is 2. The predicted octanol–water partition coefficient (Wildman–Crippen LogP) is -0.0590. The van der Waals surface area contributed by atoms with E-state index >= 15 is 0 Å². The molecule has 16 heavy (non-hydrogen) atoms. The molecule has 0 atom stereocenters. The minimum atomic E-state index is -1.43. The Morgan fingerprint density at radius 3 is 2.69 bits per heavy atom. The van der Waals surface area contributed by atoms with E-state index in [0.717, 1.165) is 18.2 Å². The second-order valence-electron chi connectivity index (χ2n) is 2.78. The number of hydrogen-bond acceptors (Lipinski definition) is 6. The van der Waals surface area contributed by atoms with Crippen molar-refractivity contribution in [3.05, 3.63) is 33.9 Å². The first-order valence-electron chi connectivity index (χ1n) is 4.17. The van der Waals surface area contributed by atoms with Crippen molar-refractivity contribution in [1.29, 1.82) is 0 Å². The number of carboxylic acid groups (broad SMARTS) is 1. The second kappa shape index (κ2) is 5.08. The third kappa shape index (κ3) is 2.67. The molecule has 0 fully saturated rings. The number of carboxylic acids is 1. The number of aromatic carboxylic acids is 1. The van der Waals surface area contributed by atoms with Gasteiger partial charge in [-0.2, -0.15) is 0 Å². The first kappa shape index (κ1) is 11.9. The summed E-state index contributed by atoms with van der Waals surface area (Å²) in [6.45, 7) is -0.211. The summed E-state index contributed by atoms with van der Waals surface area (Å²) in [5.41, 5.74) is -0.529. The molecule has 0 spiro atoms. The van der Waals surface area contributed by atoms with Gasteiger partial charge in [-0.3, -0.25) is 10.1 Å². The summed E-state index contributed by atoms with van der Waals surface area (Å²) in [5, 5.41) is 21.1. The third-order valence-corrected chi connectivity index (χ3v) is 1.72. The maximum Gasteiger partial charge on any atom is 0.311 e. The van der Waals surface area contributed by atoms with Gasteiger partial charge in [-0.25, -0.2) is 0 Å². The number of nitro benzene ring substituents is 1. The van der Waals surface area contributed by atoms with Crippen LogP contribution in [0.2, 0.25) is 0 Å². The van der Waals surface area contributed by atoms with Crippen molar-refractivity contribution in [3.8, 4) is 5.75 Å². The van der Waals surface area contributed by atoms with Gasteiger partial charge in [0.15, 0.2) is 6.79 Å². The highest BCUT2D eigenvalue weighted by molar-refractivity contribution is 5.87. The Kier molecular flexibility index (Phi) is 3.78. The molecule has 86 valence electrons. The Morgan fingerprint density at radius 2 is 2.19 bits per heavy atom. The number of nitrogens with zero attached hydrogens (tertiary/aromatic N) is 1. The zero-order chi connectivity index (χ0) is 12.1. The number of nitro groups is 1. The molecule has 1 aromatic rings. The number of hydrogen-bond donors (Lipinski definition) is 0. The Bertz CT molecular complexity index is 416. The van der Waals surface area contributed by atoms with Crippen molar-refractivity contribution < 1.29 is 24.3 Å². The monoisotopic (exact) mass is 226 g/mol. The zero-order valence-electron chi connectivity index (χ0n) is 8.34. The smallest absolute Gasteiger partial charge is 0.311 e. The van der Waals surface area contributed by atoms with Crippen LogP contribution in [0.15, 0.2) is 18.2 Å². The van der Waals surface area contributed by atoms with E-state index in [1.807, 2.05) is 0 Å². The SMILES string of the molecule is COCOc1cc(C(=O)[O-])ccc1[N+](=O)[O-]. The van der Waals surface area contributed by atoms with Crippen LogP contribution in [0.1, 0.15) is 10.4 Å². The molecule has 0 bridgehead atoms. The first-order valence-corrected chi connectivity index (χ1v) is 4.17. The molecule has 0 unspecified atom stereocenters. The van der Waals surface area contributed by atoms with Crippen molar-refractivity contribution >= 4 is 11.7 Å². The van der Waals surface area contributed by atoms with E-state index in [0.29, 0.717) is 0 Å². The van der Waals surface area contributed by atoms with Gasteiger partial charge >= 0.3 is 5.69 Å². The summed E-state index contributed by atoms with van der Waals surface area (Å²) < 4.78 is 9.46. The van der Waals surface area contributed by atoms with Gasteiger partial charge in [0.25, 0.3) is 0 Å². The Hall–Kier alpha value is -2.15. The summed E-state index contributed by atoms with van der Waals surface area (Å²) in [6, 6.07) is 3.13. The van der Waals surface area contributed by atoms with Gasteiger partial charge in [0.1, 0.15) is 0 Å². The fourth-order valence-corrected chi connectivity index (χ4v) is 1.03. The van der Waals surface area contributed by atoms with Crippen LogP contribution >= 0.6 is 0 Å². The molecule has 7 heteroatoms. The van der Waals surface area contributed by atoms with Crippen molar-refractivity contribution in [2.75, 3.05) is 13.9 Å². The normalized spacial score (nSPS) is 9.81. The molecular formula is C9H8NO6-. The Labute approximate surface area is 90.4 Å². The summed E-state index contributed by atoms with van der Waals surface area (Å²) in [6.07, 6.45) is 0. The second-order valence-corrected chi connectivity index (χ2v) is 2.78. The van der Waals surface area contributed by atoms with Gasteiger partial charge in [0.2, 0.25) is 5.75 Å². The summed E-state index contributed by atoms with van der Waals surface area (Å²) in [5.74, 6) is -1.61. The Balaban J connectivity index is 3.10. The van der Waals surface area contributed by atoms with Gasteiger partial charge in [0.05, 0.1) is 10.9 Å². The highest BCUT2D eigenvalue weighted by Crippen LogP contribution is 2.27. The lowest BCUT2D eigenvalue weighted by molar-refractivity contribution is -0.386. The average Bonchev–Trinajstić information content (AvgIpc) is 2.25. The summed E-state index contributed by atoms with van der Waals surface area (Å²) in [4.78, 5) is 20.5. The van der Waals surface area contributed by atoms with E-state index in [-0.39, 0.29) is 23.8 Å². The van der Waals surface area contributed by atoms with Gasteiger partial charge < -0.3 is 19.4 Å². The molecule has 0 radical (unpaired) electrons. The van der Waals surface area contributed by atoms with Crippen LogP contribution in [-0.2, 0) is 4.74 Å². The molecule has 0 aliphatic heterocycles. The highest BCUT2D eigenvalue weighted by Gasteiger charge is 2.15. The molecule has 0 saturated heterocycles. The fourth-order valence-electron chi connectivity index (χ4n) is 1.03. The van der Waals surface area contributed by atoms with Crippen molar-refractivity contribution in [2.24, 2.45) is 0 Å². The number of carbonyl (C=O) groups excluding carboxylic acids is 1. The first-order chi connectivity index (χ1) is 7.56. The lowest BCUT2D eigenvalue weighted by Crippen LogP contribution is -2.22. The zero-order valence-corrected chi connectivity index (χ0v) is 8.34.